The van der Waals surface area contributed by atoms with E-state index in [4.69, 9.17) is 0 Å². The molecule has 1 N–H and O–H groups in total. The fourth-order valence-electron chi connectivity index (χ4n) is 2.05. The summed E-state index contributed by atoms with van der Waals surface area (Å²) in [5.74, 6) is 2.04. The van der Waals surface area contributed by atoms with E-state index < -0.39 is 0 Å². The molecule has 3 heteroatoms. The number of benzene rings is 1. The van der Waals surface area contributed by atoms with Gasteiger partial charge in [0.05, 0.1) is 0 Å². The smallest absolute Gasteiger partial charge is 0.156 e. The van der Waals surface area contributed by atoms with Gasteiger partial charge in [-0.1, -0.05) is 42.1 Å². The third-order valence-electron chi connectivity index (χ3n) is 3.26. The molecule has 1 heterocycles. The lowest BCUT2D eigenvalue weighted by atomic mass is 10.1. The van der Waals surface area contributed by atoms with E-state index in [2.05, 4.69) is 40.6 Å². The van der Waals surface area contributed by atoms with Gasteiger partial charge >= 0.3 is 0 Å². The van der Waals surface area contributed by atoms with Crippen LogP contribution < -0.4 is 5.32 Å². The Kier molecular flexibility index (Phi) is 3.36. The fraction of sp³-hybridized carbons (Fsp3) is 0.500. The molecular formula is C14H18N2S. The van der Waals surface area contributed by atoms with Gasteiger partial charge in [0.1, 0.15) is 0 Å². The van der Waals surface area contributed by atoms with E-state index in [-0.39, 0.29) is 0 Å². The van der Waals surface area contributed by atoms with Crippen molar-refractivity contribution < 1.29 is 0 Å². The monoisotopic (exact) mass is 246 g/mol. The SMILES string of the molecule is c1ccc(CC2CSC(=NCC3CC3)N2)cc1. The molecule has 0 aromatic heterocycles. The Morgan fingerprint density at radius 3 is 2.82 bits per heavy atom. The molecule has 17 heavy (non-hydrogen) atoms. The summed E-state index contributed by atoms with van der Waals surface area (Å²) in [6.45, 7) is 1.04. The van der Waals surface area contributed by atoms with Gasteiger partial charge in [-0.05, 0) is 30.7 Å². The minimum absolute atomic E-state index is 0.556. The van der Waals surface area contributed by atoms with Crippen molar-refractivity contribution in [1.29, 1.82) is 0 Å². The van der Waals surface area contributed by atoms with E-state index in [1.807, 2.05) is 11.8 Å². The first kappa shape index (κ1) is 11.1. The Morgan fingerprint density at radius 1 is 1.24 bits per heavy atom. The van der Waals surface area contributed by atoms with Crippen LogP contribution in [-0.2, 0) is 6.42 Å². The van der Waals surface area contributed by atoms with Crippen molar-refractivity contribution in [2.45, 2.75) is 25.3 Å². The first-order valence-corrected chi connectivity index (χ1v) is 7.36. The zero-order valence-electron chi connectivity index (χ0n) is 9.93. The van der Waals surface area contributed by atoms with E-state index >= 15 is 0 Å². The zero-order chi connectivity index (χ0) is 11.5. The quantitative estimate of drug-likeness (QED) is 0.883. The summed E-state index contributed by atoms with van der Waals surface area (Å²) < 4.78 is 0. The van der Waals surface area contributed by atoms with Crippen molar-refractivity contribution >= 4 is 16.9 Å². The topological polar surface area (TPSA) is 24.4 Å². The largest absolute Gasteiger partial charge is 0.361 e. The van der Waals surface area contributed by atoms with Gasteiger partial charge in [0.2, 0.25) is 0 Å². The lowest BCUT2D eigenvalue weighted by molar-refractivity contribution is 0.685. The first-order chi connectivity index (χ1) is 8.40. The highest BCUT2D eigenvalue weighted by molar-refractivity contribution is 8.14. The predicted octanol–water partition coefficient (Wildman–Crippen LogP) is 2.70. The average molecular weight is 246 g/mol. The van der Waals surface area contributed by atoms with Crippen LogP contribution in [0, 0.1) is 5.92 Å². The van der Waals surface area contributed by atoms with E-state index in [9.17, 15) is 0 Å². The van der Waals surface area contributed by atoms with Gasteiger partial charge in [0.15, 0.2) is 5.17 Å². The molecule has 0 amide bonds. The molecule has 1 unspecified atom stereocenters. The Morgan fingerprint density at radius 2 is 2.06 bits per heavy atom. The zero-order valence-corrected chi connectivity index (χ0v) is 10.7. The van der Waals surface area contributed by atoms with Crippen LogP contribution in [0.2, 0.25) is 0 Å². The van der Waals surface area contributed by atoms with Crippen LogP contribution in [0.25, 0.3) is 0 Å². The Labute approximate surface area is 107 Å². The molecule has 1 saturated carbocycles. The summed E-state index contributed by atoms with van der Waals surface area (Å²) in [6.07, 6.45) is 3.88. The summed E-state index contributed by atoms with van der Waals surface area (Å²) >= 11 is 1.88. The molecule has 2 fully saturated rings. The van der Waals surface area contributed by atoms with Crippen molar-refractivity contribution in [1.82, 2.24) is 5.32 Å². The van der Waals surface area contributed by atoms with Gasteiger partial charge in [-0.3, -0.25) is 4.99 Å². The summed E-state index contributed by atoms with van der Waals surface area (Å²) in [5, 5.41) is 4.70. The lowest BCUT2D eigenvalue weighted by Gasteiger charge is -2.09. The van der Waals surface area contributed by atoms with Crippen LogP contribution in [0.1, 0.15) is 18.4 Å². The molecule has 2 aliphatic rings. The molecule has 3 rings (SSSR count). The maximum Gasteiger partial charge on any atom is 0.156 e. The highest BCUT2D eigenvalue weighted by Crippen LogP contribution is 2.29. The third kappa shape index (κ3) is 3.25. The van der Waals surface area contributed by atoms with Gasteiger partial charge in [0, 0.05) is 18.3 Å². The first-order valence-electron chi connectivity index (χ1n) is 6.38. The highest BCUT2D eigenvalue weighted by atomic mass is 32.2. The standard InChI is InChI=1S/C14H18N2S/c1-2-4-11(5-3-1)8-13-10-17-14(16-13)15-9-12-6-7-12/h1-5,12-13H,6-10H2,(H,15,16). The van der Waals surface area contributed by atoms with Crippen molar-refractivity contribution in [3.63, 3.8) is 0 Å². The number of hydrogen-bond acceptors (Lipinski definition) is 2. The van der Waals surface area contributed by atoms with Crippen LogP contribution in [0.5, 0.6) is 0 Å². The predicted molar refractivity (Wildman–Crippen MR) is 74.6 cm³/mol. The number of rotatable bonds is 4. The van der Waals surface area contributed by atoms with Crippen LogP contribution in [0.4, 0.5) is 0 Å². The minimum atomic E-state index is 0.556. The molecule has 0 radical (unpaired) electrons. The summed E-state index contributed by atoms with van der Waals surface area (Å²) in [5.41, 5.74) is 1.41. The third-order valence-corrected chi connectivity index (χ3v) is 4.35. The molecule has 1 aromatic carbocycles. The van der Waals surface area contributed by atoms with E-state index in [1.54, 1.807) is 0 Å². The second-order valence-electron chi connectivity index (χ2n) is 4.93. The molecule has 1 atom stereocenters. The lowest BCUT2D eigenvalue weighted by Crippen LogP contribution is -2.29. The van der Waals surface area contributed by atoms with Gasteiger partial charge < -0.3 is 5.32 Å². The van der Waals surface area contributed by atoms with Crippen molar-refractivity contribution in [2.24, 2.45) is 10.9 Å². The molecular weight excluding hydrogens is 228 g/mol. The maximum absolute atomic E-state index is 4.65. The maximum atomic E-state index is 4.65. The van der Waals surface area contributed by atoms with Gasteiger partial charge in [-0.2, -0.15) is 0 Å². The Bertz CT molecular complexity index is 398. The van der Waals surface area contributed by atoms with E-state index in [1.165, 1.54) is 18.4 Å². The van der Waals surface area contributed by atoms with E-state index in [0.29, 0.717) is 6.04 Å². The Balaban J connectivity index is 1.51. The molecule has 90 valence electrons. The number of nitrogens with zero attached hydrogens (tertiary/aromatic N) is 1. The van der Waals surface area contributed by atoms with Gasteiger partial charge in [-0.25, -0.2) is 0 Å². The van der Waals surface area contributed by atoms with Crippen LogP contribution in [-0.4, -0.2) is 23.5 Å². The fourth-order valence-corrected chi connectivity index (χ4v) is 3.03. The van der Waals surface area contributed by atoms with Gasteiger partial charge in [0.25, 0.3) is 0 Å². The summed E-state index contributed by atoms with van der Waals surface area (Å²) in [4.78, 5) is 4.65. The minimum Gasteiger partial charge on any atom is -0.361 e. The molecule has 0 bridgehead atoms. The normalized spacial score (nSPS) is 26.1. The van der Waals surface area contributed by atoms with E-state index in [0.717, 1.165) is 29.8 Å². The van der Waals surface area contributed by atoms with Crippen molar-refractivity contribution in [2.75, 3.05) is 12.3 Å². The molecule has 1 saturated heterocycles. The number of aliphatic imine (C=N–C) groups is 1. The number of nitrogens with one attached hydrogen (secondary N) is 1. The number of thioether (sulfide) groups is 1. The molecule has 1 aromatic rings. The summed E-state index contributed by atoms with van der Waals surface area (Å²) in [7, 11) is 0. The molecule has 0 spiro atoms. The second-order valence-corrected chi connectivity index (χ2v) is 5.94. The van der Waals surface area contributed by atoms with Crippen molar-refractivity contribution in [3.8, 4) is 0 Å². The average Bonchev–Trinajstić information content (AvgIpc) is 3.09. The molecule has 1 aliphatic carbocycles. The number of hydrogen-bond donors (Lipinski definition) is 1. The second kappa shape index (κ2) is 5.13. The van der Waals surface area contributed by atoms with Crippen LogP contribution in [0.3, 0.4) is 0 Å². The van der Waals surface area contributed by atoms with Gasteiger partial charge in [-0.15, -0.1) is 0 Å². The Hall–Kier alpha value is -0.960. The number of amidine groups is 1. The molecule has 1 aliphatic heterocycles. The molecule has 2 nitrogen and oxygen atoms in total. The van der Waals surface area contributed by atoms with Crippen LogP contribution >= 0.6 is 11.8 Å². The van der Waals surface area contributed by atoms with Crippen molar-refractivity contribution in [3.05, 3.63) is 35.9 Å². The highest BCUT2D eigenvalue weighted by Gasteiger charge is 2.23. The van der Waals surface area contributed by atoms with Crippen LogP contribution in [0.15, 0.2) is 35.3 Å². The summed E-state index contributed by atoms with van der Waals surface area (Å²) in [6, 6.07) is 11.2.